The lowest BCUT2D eigenvalue weighted by Gasteiger charge is -2.35. The van der Waals surface area contributed by atoms with E-state index in [0.717, 1.165) is 36.1 Å². The third-order valence-electron chi connectivity index (χ3n) is 3.90. The molecule has 1 aliphatic carbocycles. The van der Waals surface area contributed by atoms with Gasteiger partial charge in [-0.3, -0.25) is 4.98 Å². The summed E-state index contributed by atoms with van der Waals surface area (Å²) in [6.07, 6.45) is 6.16. The SMILES string of the molecule is COc1ccc2c(c1)CCCC2(O)c1ccncc1. The van der Waals surface area contributed by atoms with E-state index in [2.05, 4.69) is 4.98 Å². The zero-order valence-corrected chi connectivity index (χ0v) is 11.0. The minimum Gasteiger partial charge on any atom is -0.497 e. The lowest BCUT2D eigenvalue weighted by atomic mass is 9.75. The molecule has 0 amide bonds. The van der Waals surface area contributed by atoms with Gasteiger partial charge in [-0.15, -0.1) is 0 Å². The van der Waals surface area contributed by atoms with E-state index in [-0.39, 0.29) is 0 Å². The number of aliphatic hydroxyl groups is 1. The summed E-state index contributed by atoms with van der Waals surface area (Å²) in [4.78, 5) is 4.02. The highest BCUT2D eigenvalue weighted by molar-refractivity contribution is 5.45. The normalized spacial score (nSPS) is 21.8. The van der Waals surface area contributed by atoms with Gasteiger partial charge in [0.05, 0.1) is 7.11 Å². The van der Waals surface area contributed by atoms with Crippen molar-refractivity contribution in [2.24, 2.45) is 0 Å². The molecular formula is C16H17NO2. The Morgan fingerprint density at radius 3 is 2.74 bits per heavy atom. The zero-order chi connectivity index (χ0) is 13.3. The number of fused-ring (bicyclic) bond motifs is 1. The van der Waals surface area contributed by atoms with Gasteiger partial charge in [-0.1, -0.05) is 6.07 Å². The van der Waals surface area contributed by atoms with Crippen molar-refractivity contribution < 1.29 is 9.84 Å². The summed E-state index contributed by atoms with van der Waals surface area (Å²) in [6, 6.07) is 9.70. The van der Waals surface area contributed by atoms with Crippen LogP contribution >= 0.6 is 0 Å². The molecule has 1 unspecified atom stereocenters. The Bertz CT molecular complexity index is 583. The van der Waals surface area contributed by atoms with Gasteiger partial charge in [0.1, 0.15) is 11.4 Å². The van der Waals surface area contributed by atoms with Crippen molar-refractivity contribution in [3.63, 3.8) is 0 Å². The average Bonchev–Trinajstić information content (AvgIpc) is 2.48. The fourth-order valence-electron chi connectivity index (χ4n) is 2.90. The Balaban J connectivity index is 2.12. The van der Waals surface area contributed by atoms with Gasteiger partial charge in [-0.2, -0.15) is 0 Å². The number of aromatic nitrogens is 1. The van der Waals surface area contributed by atoms with Gasteiger partial charge in [0.2, 0.25) is 0 Å². The molecule has 3 rings (SSSR count). The van der Waals surface area contributed by atoms with Crippen molar-refractivity contribution >= 4 is 0 Å². The van der Waals surface area contributed by atoms with Crippen LogP contribution in [0.25, 0.3) is 0 Å². The smallest absolute Gasteiger partial charge is 0.119 e. The fourth-order valence-corrected chi connectivity index (χ4v) is 2.90. The standard InChI is InChI=1S/C16H17NO2/c1-19-14-4-5-15-12(11-14)3-2-8-16(15,18)13-6-9-17-10-7-13/h4-7,9-11,18H,2-3,8H2,1H3. The lowest BCUT2D eigenvalue weighted by Crippen LogP contribution is -2.31. The first-order valence-electron chi connectivity index (χ1n) is 6.54. The van der Waals surface area contributed by atoms with Crippen molar-refractivity contribution in [3.8, 4) is 5.75 Å². The van der Waals surface area contributed by atoms with Crippen molar-refractivity contribution in [1.82, 2.24) is 4.98 Å². The van der Waals surface area contributed by atoms with Crippen LogP contribution in [-0.4, -0.2) is 17.2 Å². The first kappa shape index (κ1) is 12.2. The summed E-state index contributed by atoms with van der Waals surface area (Å²) >= 11 is 0. The summed E-state index contributed by atoms with van der Waals surface area (Å²) in [5.74, 6) is 0.845. The highest BCUT2D eigenvalue weighted by Gasteiger charge is 2.36. The predicted molar refractivity (Wildman–Crippen MR) is 73.2 cm³/mol. The van der Waals surface area contributed by atoms with Crippen LogP contribution in [0.5, 0.6) is 5.75 Å². The average molecular weight is 255 g/mol. The first-order chi connectivity index (χ1) is 9.24. The number of nitrogens with zero attached hydrogens (tertiary/aromatic N) is 1. The van der Waals surface area contributed by atoms with E-state index in [1.54, 1.807) is 19.5 Å². The Hall–Kier alpha value is -1.87. The molecule has 0 saturated carbocycles. The van der Waals surface area contributed by atoms with Gasteiger partial charge in [-0.25, -0.2) is 0 Å². The number of hydrogen-bond acceptors (Lipinski definition) is 3. The van der Waals surface area contributed by atoms with Crippen molar-refractivity contribution in [2.45, 2.75) is 24.9 Å². The third kappa shape index (κ3) is 2.00. The van der Waals surface area contributed by atoms with Crippen LogP contribution in [0.1, 0.15) is 29.5 Å². The molecular weight excluding hydrogens is 238 g/mol. The van der Waals surface area contributed by atoms with Crippen LogP contribution in [0.4, 0.5) is 0 Å². The van der Waals surface area contributed by atoms with E-state index in [1.165, 1.54) is 5.56 Å². The van der Waals surface area contributed by atoms with Crippen LogP contribution < -0.4 is 4.74 Å². The minimum atomic E-state index is -0.900. The molecule has 0 aliphatic heterocycles. The van der Waals surface area contributed by atoms with Crippen LogP contribution in [0.3, 0.4) is 0 Å². The highest BCUT2D eigenvalue weighted by Crippen LogP contribution is 2.41. The molecule has 0 fully saturated rings. The summed E-state index contributed by atoms with van der Waals surface area (Å²) in [6.45, 7) is 0. The quantitative estimate of drug-likeness (QED) is 0.897. The van der Waals surface area contributed by atoms with Crippen LogP contribution in [0.15, 0.2) is 42.7 Å². The Morgan fingerprint density at radius 2 is 2.00 bits per heavy atom. The van der Waals surface area contributed by atoms with E-state index >= 15 is 0 Å². The third-order valence-corrected chi connectivity index (χ3v) is 3.90. The Labute approximate surface area is 112 Å². The largest absolute Gasteiger partial charge is 0.497 e. The molecule has 1 aromatic heterocycles. The second kappa shape index (κ2) is 4.67. The summed E-state index contributed by atoms with van der Waals surface area (Å²) < 4.78 is 5.26. The van der Waals surface area contributed by atoms with E-state index in [9.17, 15) is 5.11 Å². The van der Waals surface area contributed by atoms with Gasteiger partial charge < -0.3 is 9.84 Å². The second-order valence-corrected chi connectivity index (χ2v) is 4.97. The molecule has 0 saturated heterocycles. The van der Waals surface area contributed by atoms with Crippen molar-refractivity contribution in [3.05, 3.63) is 59.4 Å². The fraction of sp³-hybridized carbons (Fsp3) is 0.312. The van der Waals surface area contributed by atoms with E-state index in [0.29, 0.717) is 0 Å². The molecule has 1 N–H and O–H groups in total. The molecule has 3 heteroatoms. The first-order valence-corrected chi connectivity index (χ1v) is 6.54. The van der Waals surface area contributed by atoms with Gasteiger partial charge in [0.25, 0.3) is 0 Å². The number of ether oxygens (including phenoxy) is 1. The molecule has 1 aliphatic rings. The van der Waals surface area contributed by atoms with Gasteiger partial charge in [0, 0.05) is 12.4 Å². The van der Waals surface area contributed by atoms with Gasteiger partial charge in [-0.05, 0) is 60.2 Å². The number of pyridine rings is 1. The highest BCUT2D eigenvalue weighted by atomic mass is 16.5. The monoisotopic (exact) mass is 255 g/mol. The van der Waals surface area contributed by atoms with Gasteiger partial charge >= 0.3 is 0 Å². The van der Waals surface area contributed by atoms with Crippen molar-refractivity contribution in [2.75, 3.05) is 7.11 Å². The number of hydrogen-bond donors (Lipinski definition) is 1. The Kier molecular flexibility index (Phi) is 2.99. The van der Waals surface area contributed by atoms with Crippen LogP contribution in [0, 0.1) is 0 Å². The molecule has 0 radical (unpaired) electrons. The molecule has 0 spiro atoms. The summed E-state index contributed by atoms with van der Waals surface area (Å²) in [5.41, 5.74) is 2.17. The maximum atomic E-state index is 11.1. The second-order valence-electron chi connectivity index (χ2n) is 4.97. The number of methoxy groups -OCH3 is 1. The maximum Gasteiger partial charge on any atom is 0.119 e. The summed E-state index contributed by atoms with van der Waals surface area (Å²) in [7, 11) is 1.67. The Morgan fingerprint density at radius 1 is 1.21 bits per heavy atom. The molecule has 98 valence electrons. The number of rotatable bonds is 2. The molecule has 2 aromatic rings. The maximum absolute atomic E-state index is 11.1. The number of aryl methyl sites for hydroxylation is 1. The molecule has 3 nitrogen and oxygen atoms in total. The van der Waals surface area contributed by atoms with E-state index < -0.39 is 5.60 Å². The van der Waals surface area contributed by atoms with Crippen LogP contribution in [0.2, 0.25) is 0 Å². The number of benzene rings is 1. The predicted octanol–water partition coefficient (Wildman–Crippen LogP) is 2.66. The van der Waals surface area contributed by atoms with Gasteiger partial charge in [0.15, 0.2) is 0 Å². The molecule has 0 bridgehead atoms. The molecule has 1 atom stereocenters. The van der Waals surface area contributed by atoms with E-state index in [4.69, 9.17) is 4.74 Å². The lowest BCUT2D eigenvalue weighted by molar-refractivity contribution is 0.0614. The zero-order valence-electron chi connectivity index (χ0n) is 11.0. The molecule has 1 heterocycles. The van der Waals surface area contributed by atoms with Crippen molar-refractivity contribution in [1.29, 1.82) is 0 Å². The van der Waals surface area contributed by atoms with Crippen LogP contribution in [-0.2, 0) is 12.0 Å². The topological polar surface area (TPSA) is 42.4 Å². The van der Waals surface area contributed by atoms with E-state index in [1.807, 2.05) is 30.3 Å². The summed E-state index contributed by atoms with van der Waals surface area (Å²) in [5, 5.41) is 11.1. The molecule has 1 aromatic carbocycles. The molecule has 19 heavy (non-hydrogen) atoms. The minimum absolute atomic E-state index is 0.746.